The average molecular weight is 291 g/mol. The molecule has 0 atom stereocenters. The van der Waals surface area contributed by atoms with E-state index in [9.17, 15) is 9.59 Å². The molecule has 0 amide bonds. The molecule has 16 heavy (non-hydrogen) atoms. The monoisotopic (exact) mass is 290 g/mol. The zero-order valence-electron chi connectivity index (χ0n) is 9.42. The number of rotatable bonds is 6. The molecule has 0 aliphatic heterocycles. The Bertz CT molecular complexity index is 307. The van der Waals surface area contributed by atoms with Crippen LogP contribution in [0.15, 0.2) is 22.7 Å². The van der Waals surface area contributed by atoms with Crippen molar-refractivity contribution in [2.45, 2.75) is 19.8 Å². The van der Waals surface area contributed by atoms with Crippen molar-refractivity contribution in [1.82, 2.24) is 0 Å². The fourth-order valence-electron chi connectivity index (χ4n) is 0.901. The summed E-state index contributed by atoms with van der Waals surface area (Å²) >= 11 is 3.22. The molecule has 0 aromatic heterocycles. The zero-order valence-corrected chi connectivity index (χ0v) is 11.0. The van der Waals surface area contributed by atoms with Crippen molar-refractivity contribution < 1.29 is 19.1 Å². The first-order chi connectivity index (χ1) is 7.51. The number of allylic oxidation sites excluding steroid dienone is 1. The van der Waals surface area contributed by atoms with Gasteiger partial charge in [0, 0.05) is 16.1 Å². The molecule has 0 spiro atoms. The number of methoxy groups -OCH3 is 1. The number of hydrogen-bond donors (Lipinski definition) is 0. The maximum absolute atomic E-state index is 11.0. The van der Waals surface area contributed by atoms with E-state index >= 15 is 0 Å². The minimum absolute atomic E-state index is 0.338. The molecule has 0 bridgehead atoms. The van der Waals surface area contributed by atoms with Crippen molar-refractivity contribution in [3.05, 3.63) is 22.7 Å². The van der Waals surface area contributed by atoms with E-state index < -0.39 is 11.9 Å². The third-order valence-electron chi connectivity index (χ3n) is 1.70. The summed E-state index contributed by atoms with van der Waals surface area (Å²) in [5, 5.41) is 0. The molecule has 0 N–H and O–H groups in total. The molecule has 0 aromatic rings. The maximum atomic E-state index is 11.0. The highest BCUT2D eigenvalue weighted by molar-refractivity contribution is 9.11. The van der Waals surface area contributed by atoms with Crippen LogP contribution in [0.5, 0.6) is 0 Å². The Labute approximate surface area is 103 Å². The molecule has 0 aliphatic rings. The minimum Gasteiger partial charge on any atom is -0.466 e. The molecular formula is C11H15BrO4. The van der Waals surface area contributed by atoms with Crippen LogP contribution in [0, 0.1) is 0 Å². The average Bonchev–Trinajstić information content (AvgIpc) is 2.24. The quantitative estimate of drug-likeness (QED) is 0.557. The summed E-state index contributed by atoms with van der Waals surface area (Å²) in [4.78, 5) is 22.0. The molecule has 0 aromatic carbocycles. The van der Waals surface area contributed by atoms with Crippen molar-refractivity contribution in [3.8, 4) is 0 Å². The molecule has 4 nitrogen and oxygen atoms in total. The van der Waals surface area contributed by atoms with Gasteiger partial charge in [-0.05, 0) is 19.8 Å². The second-order valence-electron chi connectivity index (χ2n) is 2.94. The van der Waals surface area contributed by atoms with Crippen LogP contribution in [0.4, 0.5) is 0 Å². The second-order valence-corrected chi connectivity index (χ2v) is 3.96. The lowest BCUT2D eigenvalue weighted by Gasteiger charge is -2.03. The number of carbonyl (C=O) groups excluding carboxylic acids is 2. The third-order valence-corrected chi connectivity index (χ3v) is 2.33. The van der Waals surface area contributed by atoms with Crippen molar-refractivity contribution in [1.29, 1.82) is 0 Å². The molecule has 5 heteroatoms. The predicted molar refractivity (Wildman–Crippen MR) is 64.0 cm³/mol. The summed E-state index contributed by atoms with van der Waals surface area (Å²) in [6.07, 6.45) is 2.28. The van der Waals surface area contributed by atoms with Gasteiger partial charge in [-0.3, -0.25) is 0 Å². The Kier molecular flexibility index (Phi) is 7.54. The minimum atomic E-state index is -0.434. The molecule has 0 rings (SSSR count). The molecule has 0 saturated heterocycles. The van der Waals surface area contributed by atoms with Gasteiger partial charge in [-0.15, -0.1) is 0 Å². The van der Waals surface area contributed by atoms with Crippen LogP contribution in [0.3, 0.4) is 0 Å². The molecule has 0 heterocycles. The van der Waals surface area contributed by atoms with Gasteiger partial charge < -0.3 is 9.47 Å². The van der Waals surface area contributed by atoms with E-state index in [0.29, 0.717) is 29.5 Å². The summed E-state index contributed by atoms with van der Waals surface area (Å²) in [6.45, 7) is 5.65. The van der Waals surface area contributed by atoms with Crippen molar-refractivity contribution in [2.75, 3.05) is 13.7 Å². The maximum Gasteiger partial charge on any atom is 0.333 e. The Balaban J connectivity index is 4.06. The first-order valence-corrected chi connectivity index (χ1v) is 5.59. The van der Waals surface area contributed by atoms with Gasteiger partial charge in [-0.2, -0.15) is 0 Å². The van der Waals surface area contributed by atoms with Gasteiger partial charge in [-0.25, -0.2) is 9.59 Å². The smallest absolute Gasteiger partial charge is 0.333 e. The van der Waals surface area contributed by atoms with Crippen LogP contribution in [-0.4, -0.2) is 25.7 Å². The lowest BCUT2D eigenvalue weighted by molar-refractivity contribution is -0.137. The van der Waals surface area contributed by atoms with E-state index in [4.69, 9.17) is 4.74 Å². The summed E-state index contributed by atoms with van der Waals surface area (Å²) in [7, 11) is 1.30. The lowest BCUT2D eigenvalue weighted by Crippen LogP contribution is -2.04. The van der Waals surface area contributed by atoms with Crippen LogP contribution >= 0.6 is 15.9 Å². The Morgan fingerprint density at radius 3 is 2.50 bits per heavy atom. The standard InChI is InChI=1S/C11H15BrO4/c1-4-16-10(13)7-9(12)6-5-8(2)11(14)15-3/h7H,2,4-6H2,1,3H3/b9-7+. The number of hydrogen-bond acceptors (Lipinski definition) is 4. The number of carbonyl (C=O) groups is 2. The Morgan fingerprint density at radius 1 is 1.38 bits per heavy atom. The topological polar surface area (TPSA) is 52.6 Å². The van der Waals surface area contributed by atoms with E-state index in [2.05, 4.69) is 27.2 Å². The van der Waals surface area contributed by atoms with Crippen molar-refractivity contribution >= 4 is 27.9 Å². The van der Waals surface area contributed by atoms with Crippen LogP contribution in [0.2, 0.25) is 0 Å². The van der Waals surface area contributed by atoms with Gasteiger partial charge in [0.05, 0.1) is 13.7 Å². The molecular weight excluding hydrogens is 276 g/mol. The van der Waals surface area contributed by atoms with E-state index in [1.807, 2.05) is 0 Å². The summed E-state index contributed by atoms with van der Waals surface area (Å²) in [5.74, 6) is -0.838. The molecule has 90 valence electrons. The SMILES string of the molecule is C=C(CC/C(Br)=C\C(=O)OCC)C(=O)OC. The van der Waals surface area contributed by atoms with E-state index in [1.54, 1.807) is 6.92 Å². The molecule has 0 saturated carbocycles. The van der Waals surface area contributed by atoms with Crippen molar-refractivity contribution in [2.24, 2.45) is 0 Å². The third kappa shape index (κ3) is 6.40. The highest BCUT2D eigenvalue weighted by atomic mass is 79.9. The highest BCUT2D eigenvalue weighted by Gasteiger charge is 2.07. The molecule has 0 aliphatic carbocycles. The first kappa shape index (κ1) is 14.9. The van der Waals surface area contributed by atoms with Gasteiger partial charge in [0.15, 0.2) is 0 Å². The molecule has 0 radical (unpaired) electrons. The summed E-state index contributed by atoms with van der Waals surface area (Å²) in [5.41, 5.74) is 0.372. The largest absolute Gasteiger partial charge is 0.466 e. The fraction of sp³-hybridized carbons (Fsp3) is 0.455. The predicted octanol–water partition coefficient (Wildman–Crippen LogP) is 2.34. The lowest BCUT2D eigenvalue weighted by atomic mass is 10.1. The fourth-order valence-corrected chi connectivity index (χ4v) is 1.29. The highest BCUT2D eigenvalue weighted by Crippen LogP contribution is 2.16. The van der Waals surface area contributed by atoms with E-state index in [1.165, 1.54) is 13.2 Å². The van der Waals surface area contributed by atoms with Crippen LogP contribution < -0.4 is 0 Å². The van der Waals surface area contributed by atoms with Gasteiger partial charge in [-0.1, -0.05) is 22.5 Å². The van der Waals surface area contributed by atoms with Gasteiger partial charge in [0.25, 0.3) is 0 Å². The molecule has 0 fully saturated rings. The Hall–Kier alpha value is -1.10. The normalized spacial score (nSPS) is 10.8. The number of halogens is 1. The van der Waals surface area contributed by atoms with E-state index in [-0.39, 0.29) is 0 Å². The van der Waals surface area contributed by atoms with Crippen LogP contribution in [0.1, 0.15) is 19.8 Å². The zero-order chi connectivity index (χ0) is 12.6. The summed E-state index contributed by atoms with van der Waals surface area (Å²) < 4.78 is 9.89. The van der Waals surface area contributed by atoms with Crippen molar-refractivity contribution in [3.63, 3.8) is 0 Å². The van der Waals surface area contributed by atoms with Crippen LogP contribution in [-0.2, 0) is 19.1 Å². The number of esters is 2. The summed E-state index contributed by atoms with van der Waals surface area (Å²) in [6, 6.07) is 0. The molecule has 0 unspecified atom stereocenters. The van der Waals surface area contributed by atoms with Gasteiger partial charge >= 0.3 is 11.9 Å². The van der Waals surface area contributed by atoms with Gasteiger partial charge in [0.1, 0.15) is 0 Å². The van der Waals surface area contributed by atoms with E-state index in [0.717, 1.165) is 0 Å². The van der Waals surface area contributed by atoms with Gasteiger partial charge in [0.2, 0.25) is 0 Å². The number of ether oxygens (including phenoxy) is 2. The Morgan fingerprint density at radius 2 is 2.00 bits per heavy atom. The first-order valence-electron chi connectivity index (χ1n) is 4.80. The second kappa shape index (κ2) is 8.10. The van der Waals surface area contributed by atoms with Crippen LogP contribution in [0.25, 0.3) is 0 Å².